The number of hydrogen-bond acceptors (Lipinski definition) is 3. The summed E-state index contributed by atoms with van der Waals surface area (Å²) in [6.45, 7) is 5.88. The standard InChI is InChI=1S/C24H25N3O/c1-17-18(2)27(16-20-10-7-11-21(14-20)28-3)23-22(17)12-13-25-24(23)26-15-19-8-5-4-6-9-19/h4-14H,15-16H2,1-3H3,(H,25,26). The van der Waals surface area contributed by atoms with Gasteiger partial charge in [-0.25, -0.2) is 4.98 Å². The number of pyridine rings is 1. The second kappa shape index (κ2) is 7.77. The van der Waals surface area contributed by atoms with Gasteiger partial charge in [-0.2, -0.15) is 0 Å². The highest BCUT2D eigenvalue weighted by Crippen LogP contribution is 2.31. The van der Waals surface area contributed by atoms with E-state index in [0.717, 1.165) is 30.2 Å². The molecule has 4 heteroatoms. The number of benzene rings is 2. The highest BCUT2D eigenvalue weighted by molar-refractivity contribution is 5.93. The highest BCUT2D eigenvalue weighted by atomic mass is 16.5. The van der Waals surface area contributed by atoms with Crippen molar-refractivity contribution in [2.24, 2.45) is 0 Å². The third kappa shape index (κ3) is 3.46. The summed E-state index contributed by atoms with van der Waals surface area (Å²) in [6.07, 6.45) is 1.89. The van der Waals surface area contributed by atoms with Crippen LogP contribution in [0.1, 0.15) is 22.4 Å². The van der Waals surface area contributed by atoms with Crippen molar-refractivity contribution in [3.63, 3.8) is 0 Å². The molecule has 0 unspecified atom stereocenters. The Morgan fingerprint density at radius 1 is 0.964 bits per heavy atom. The summed E-state index contributed by atoms with van der Waals surface area (Å²) in [7, 11) is 1.70. The van der Waals surface area contributed by atoms with Crippen molar-refractivity contribution in [3.05, 3.63) is 89.2 Å². The van der Waals surface area contributed by atoms with E-state index in [1.807, 2.05) is 24.4 Å². The summed E-state index contributed by atoms with van der Waals surface area (Å²) < 4.78 is 7.74. The first-order chi connectivity index (χ1) is 13.7. The molecule has 0 amide bonds. The maximum absolute atomic E-state index is 5.39. The number of fused-ring (bicyclic) bond motifs is 1. The van der Waals surface area contributed by atoms with Crippen LogP contribution in [0.5, 0.6) is 5.75 Å². The van der Waals surface area contributed by atoms with Gasteiger partial charge in [0.05, 0.1) is 12.6 Å². The Bertz CT molecular complexity index is 1100. The van der Waals surface area contributed by atoms with Gasteiger partial charge in [0.15, 0.2) is 5.82 Å². The lowest BCUT2D eigenvalue weighted by Gasteiger charge is -2.13. The molecule has 4 nitrogen and oxygen atoms in total. The van der Waals surface area contributed by atoms with Gasteiger partial charge in [-0.3, -0.25) is 0 Å². The molecule has 1 N–H and O–H groups in total. The summed E-state index contributed by atoms with van der Waals surface area (Å²) >= 11 is 0. The van der Waals surface area contributed by atoms with Crippen LogP contribution in [0.15, 0.2) is 66.9 Å². The third-order valence-electron chi connectivity index (χ3n) is 5.32. The number of aromatic nitrogens is 2. The predicted octanol–water partition coefficient (Wildman–Crippen LogP) is 5.32. The molecule has 4 rings (SSSR count). The monoisotopic (exact) mass is 371 g/mol. The van der Waals surface area contributed by atoms with Gasteiger partial charge >= 0.3 is 0 Å². The van der Waals surface area contributed by atoms with Crippen LogP contribution in [0.3, 0.4) is 0 Å². The first-order valence-corrected chi connectivity index (χ1v) is 9.52. The van der Waals surface area contributed by atoms with Crippen LogP contribution in [0.4, 0.5) is 5.82 Å². The molecule has 0 bridgehead atoms. The van der Waals surface area contributed by atoms with Crippen molar-refractivity contribution in [2.45, 2.75) is 26.9 Å². The van der Waals surface area contributed by atoms with E-state index in [1.54, 1.807) is 7.11 Å². The summed E-state index contributed by atoms with van der Waals surface area (Å²) in [5.41, 5.74) is 6.14. The summed E-state index contributed by atoms with van der Waals surface area (Å²) in [6, 6.07) is 20.7. The maximum Gasteiger partial charge on any atom is 0.150 e. The van der Waals surface area contributed by atoms with Crippen molar-refractivity contribution >= 4 is 16.7 Å². The van der Waals surface area contributed by atoms with Crippen molar-refractivity contribution in [2.75, 3.05) is 12.4 Å². The summed E-state index contributed by atoms with van der Waals surface area (Å²) in [5, 5.41) is 4.78. The molecular formula is C24H25N3O. The van der Waals surface area contributed by atoms with Crippen LogP contribution in [-0.4, -0.2) is 16.7 Å². The minimum atomic E-state index is 0.745. The molecule has 0 saturated heterocycles. The maximum atomic E-state index is 5.39. The molecule has 142 valence electrons. The molecule has 4 aromatic rings. The Kier molecular flexibility index (Phi) is 5.02. The van der Waals surface area contributed by atoms with E-state index in [4.69, 9.17) is 4.74 Å². The van der Waals surface area contributed by atoms with Crippen LogP contribution in [0, 0.1) is 13.8 Å². The first kappa shape index (κ1) is 18.1. The number of nitrogens with zero attached hydrogens (tertiary/aromatic N) is 2. The zero-order valence-corrected chi connectivity index (χ0v) is 16.6. The molecule has 2 heterocycles. The van der Waals surface area contributed by atoms with Crippen molar-refractivity contribution in [1.82, 2.24) is 9.55 Å². The topological polar surface area (TPSA) is 39.1 Å². The average Bonchev–Trinajstić information content (AvgIpc) is 2.98. The van der Waals surface area contributed by atoms with Gasteiger partial charge in [-0.1, -0.05) is 42.5 Å². The number of methoxy groups -OCH3 is 1. The quantitative estimate of drug-likeness (QED) is 0.498. The van der Waals surface area contributed by atoms with Gasteiger partial charge in [0.25, 0.3) is 0 Å². The minimum Gasteiger partial charge on any atom is -0.497 e. The predicted molar refractivity (Wildman–Crippen MR) is 115 cm³/mol. The van der Waals surface area contributed by atoms with Crippen LogP contribution in [-0.2, 0) is 13.1 Å². The average molecular weight is 371 g/mol. The Labute approximate surface area is 165 Å². The van der Waals surface area contributed by atoms with E-state index >= 15 is 0 Å². The number of rotatable bonds is 6. The fraction of sp³-hybridized carbons (Fsp3) is 0.208. The Morgan fingerprint density at radius 3 is 2.54 bits per heavy atom. The number of aryl methyl sites for hydroxylation is 1. The second-order valence-electron chi connectivity index (χ2n) is 7.04. The smallest absolute Gasteiger partial charge is 0.150 e. The SMILES string of the molecule is COc1cccc(Cn2c(C)c(C)c3ccnc(NCc4ccccc4)c32)c1. The summed E-state index contributed by atoms with van der Waals surface area (Å²) in [4.78, 5) is 4.66. The van der Waals surface area contributed by atoms with E-state index in [0.29, 0.717) is 0 Å². The first-order valence-electron chi connectivity index (χ1n) is 9.52. The second-order valence-corrected chi connectivity index (χ2v) is 7.04. The number of ether oxygens (including phenoxy) is 1. The molecule has 0 atom stereocenters. The molecule has 2 aromatic carbocycles. The molecule has 0 fully saturated rings. The van der Waals surface area contributed by atoms with E-state index in [1.165, 1.54) is 27.8 Å². The van der Waals surface area contributed by atoms with Crippen LogP contribution in [0.2, 0.25) is 0 Å². The van der Waals surface area contributed by atoms with Crippen molar-refractivity contribution < 1.29 is 4.74 Å². The van der Waals surface area contributed by atoms with E-state index < -0.39 is 0 Å². The zero-order valence-electron chi connectivity index (χ0n) is 16.6. The van der Waals surface area contributed by atoms with Gasteiger partial charge in [0.2, 0.25) is 0 Å². The molecular weight excluding hydrogens is 346 g/mol. The Morgan fingerprint density at radius 2 is 1.75 bits per heavy atom. The van der Waals surface area contributed by atoms with E-state index in [-0.39, 0.29) is 0 Å². The zero-order chi connectivity index (χ0) is 19.5. The van der Waals surface area contributed by atoms with Gasteiger partial charge in [-0.05, 0) is 48.7 Å². The van der Waals surface area contributed by atoms with Gasteiger partial charge in [-0.15, -0.1) is 0 Å². The fourth-order valence-electron chi connectivity index (χ4n) is 3.66. The van der Waals surface area contributed by atoms with Gasteiger partial charge < -0.3 is 14.6 Å². The van der Waals surface area contributed by atoms with Crippen molar-refractivity contribution in [1.29, 1.82) is 0 Å². The minimum absolute atomic E-state index is 0.745. The highest BCUT2D eigenvalue weighted by Gasteiger charge is 2.15. The lowest BCUT2D eigenvalue weighted by molar-refractivity contribution is 0.414. The molecule has 2 aromatic heterocycles. The molecule has 0 aliphatic carbocycles. The van der Waals surface area contributed by atoms with Gasteiger partial charge in [0.1, 0.15) is 5.75 Å². The molecule has 0 aliphatic heterocycles. The molecule has 0 aliphatic rings. The van der Waals surface area contributed by atoms with E-state index in [9.17, 15) is 0 Å². The number of anilines is 1. The number of nitrogens with one attached hydrogen (secondary N) is 1. The van der Waals surface area contributed by atoms with Crippen LogP contribution < -0.4 is 10.1 Å². The normalized spacial score (nSPS) is 11.0. The largest absolute Gasteiger partial charge is 0.497 e. The molecule has 0 spiro atoms. The Balaban J connectivity index is 1.74. The summed E-state index contributed by atoms with van der Waals surface area (Å²) in [5.74, 6) is 1.80. The fourth-order valence-corrected chi connectivity index (χ4v) is 3.66. The third-order valence-corrected chi connectivity index (χ3v) is 5.32. The van der Waals surface area contributed by atoms with Gasteiger partial charge in [0, 0.05) is 30.4 Å². The number of hydrogen-bond donors (Lipinski definition) is 1. The van der Waals surface area contributed by atoms with Crippen LogP contribution in [0.25, 0.3) is 10.9 Å². The molecule has 0 radical (unpaired) electrons. The molecule has 28 heavy (non-hydrogen) atoms. The van der Waals surface area contributed by atoms with E-state index in [2.05, 4.69) is 71.2 Å². The lowest BCUT2D eigenvalue weighted by Crippen LogP contribution is -2.07. The van der Waals surface area contributed by atoms with Crippen LogP contribution >= 0.6 is 0 Å². The Hall–Kier alpha value is -3.27. The van der Waals surface area contributed by atoms with Crippen molar-refractivity contribution in [3.8, 4) is 5.75 Å². The lowest BCUT2D eigenvalue weighted by atomic mass is 10.2. The molecule has 0 saturated carbocycles.